The molecule has 1 aliphatic rings. The standard InChI is InChI=1S/C12H12F3N3O3/c13-12(14,15)6-21-11(20)18-5-7(16)10(19)17-8-3-1-2-4-9(8)18/h1-4,7H,5-6,16H2,(H,17,19). The predicted octanol–water partition coefficient (Wildman–Crippen LogP) is 1.47. The highest BCUT2D eigenvalue weighted by atomic mass is 19.4. The second-order valence-corrected chi connectivity index (χ2v) is 4.39. The van der Waals surface area contributed by atoms with Gasteiger partial charge in [-0.2, -0.15) is 13.2 Å². The van der Waals surface area contributed by atoms with Gasteiger partial charge in [-0.25, -0.2) is 4.79 Å². The molecule has 0 saturated carbocycles. The average molecular weight is 303 g/mol. The van der Waals surface area contributed by atoms with Crippen molar-refractivity contribution in [3.8, 4) is 0 Å². The molecule has 114 valence electrons. The van der Waals surface area contributed by atoms with Crippen molar-refractivity contribution in [3.05, 3.63) is 24.3 Å². The van der Waals surface area contributed by atoms with Gasteiger partial charge in [0.25, 0.3) is 0 Å². The van der Waals surface area contributed by atoms with Gasteiger partial charge in [0.2, 0.25) is 5.91 Å². The first-order valence-electron chi connectivity index (χ1n) is 5.94. The molecule has 2 rings (SSSR count). The second kappa shape index (κ2) is 5.60. The molecule has 3 N–H and O–H groups in total. The lowest BCUT2D eigenvalue weighted by Crippen LogP contribution is -2.45. The molecule has 0 radical (unpaired) electrons. The maximum atomic E-state index is 12.1. The largest absolute Gasteiger partial charge is 0.439 e. The molecular weight excluding hydrogens is 291 g/mol. The Labute approximate surface area is 117 Å². The number of nitrogens with zero attached hydrogens (tertiary/aromatic N) is 1. The summed E-state index contributed by atoms with van der Waals surface area (Å²) < 4.78 is 40.5. The maximum Gasteiger partial charge on any atom is 0.422 e. The molecule has 1 aromatic rings. The van der Waals surface area contributed by atoms with Crippen LogP contribution < -0.4 is 16.0 Å². The summed E-state index contributed by atoms with van der Waals surface area (Å²) in [7, 11) is 0. The number of halogens is 3. The molecule has 6 nitrogen and oxygen atoms in total. The Bertz CT molecular complexity index is 562. The SMILES string of the molecule is NC1CN(C(=O)OCC(F)(F)F)c2ccccc2NC1=O. The van der Waals surface area contributed by atoms with Crippen molar-refractivity contribution < 1.29 is 27.5 Å². The van der Waals surface area contributed by atoms with Gasteiger partial charge in [0.1, 0.15) is 6.04 Å². The van der Waals surface area contributed by atoms with E-state index in [1.54, 1.807) is 12.1 Å². The van der Waals surface area contributed by atoms with Crippen LogP contribution in [0.15, 0.2) is 24.3 Å². The number of rotatable bonds is 1. The molecule has 0 bridgehead atoms. The number of carbonyl (C=O) groups excluding carboxylic acids is 2. The summed E-state index contributed by atoms with van der Waals surface area (Å²) >= 11 is 0. The van der Waals surface area contributed by atoms with Crippen LogP contribution in [0, 0.1) is 0 Å². The summed E-state index contributed by atoms with van der Waals surface area (Å²) in [5.41, 5.74) is 6.09. The van der Waals surface area contributed by atoms with Gasteiger partial charge in [0.05, 0.1) is 17.9 Å². The molecule has 0 aliphatic carbocycles. The van der Waals surface area contributed by atoms with Crippen molar-refractivity contribution in [2.75, 3.05) is 23.4 Å². The number of benzene rings is 1. The van der Waals surface area contributed by atoms with E-state index in [2.05, 4.69) is 10.1 Å². The summed E-state index contributed by atoms with van der Waals surface area (Å²) in [4.78, 5) is 24.4. The Morgan fingerprint density at radius 1 is 1.43 bits per heavy atom. The van der Waals surface area contributed by atoms with E-state index in [0.29, 0.717) is 0 Å². The van der Waals surface area contributed by atoms with Crippen molar-refractivity contribution in [1.29, 1.82) is 0 Å². The molecule has 0 saturated heterocycles. The third-order valence-electron chi connectivity index (χ3n) is 2.75. The first-order chi connectivity index (χ1) is 9.78. The summed E-state index contributed by atoms with van der Waals surface area (Å²) in [6.07, 6.45) is -5.84. The Kier molecular flexibility index (Phi) is 4.03. The average Bonchev–Trinajstić information content (AvgIpc) is 2.53. The Morgan fingerprint density at radius 3 is 2.76 bits per heavy atom. The zero-order valence-electron chi connectivity index (χ0n) is 10.7. The molecule has 1 atom stereocenters. The van der Waals surface area contributed by atoms with Crippen LogP contribution in [0.25, 0.3) is 0 Å². The smallest absolute Gasteiger partial charge is 0.422 e. The van der Waals surface area contributed by atoms with Crippen molar-refractivity contribution >= 4 is 23.4 Å². The van der Waals surface area contributed by atoms with E-state index in [-0.39, 0.29) is 17.9 Å². The predicted molar refractivity (Wildman–Crippen MR) is 67.8 cm³/mol. The van der Waals surface area contributed by atoms with E-state index < -0.39 is 30.8 Å². The number of fused-ring (bicyclic) bond motifs is 1. The fourth-order valence-electron chi connectivity index (χ4n) is 1.81. The number of nitrogens with one attached hydrogen (secondary N) is 1. The van der Waals surface area contributed by atoms with Gasteiger partial charge in [-0.3, -0.25) is 9.69 Å². The number of para-hydroxylation sites is 2. The van der Waals surface area contributed by atoms with Crippen LogP contribution in [0.4, 0.5) is 29.3 Å². The van der Waals surface area contributed by atoms with Crippen LogP contribution in [0.1, 0.15) is 0 Å². The lowest BCUT2D eigenvalue weighted by molar-refractivity contribution is -0.159. The number of carbonyl (C=O) groups is 2. The first-order valence-corrected chi connectivity index (χ1v) is 5.94. The van der Waals surface area contributed by atoms with Crippen LogP contribution in [0.3, 0.4) is 0 Å². The van der Waals surface area contributed by atoms with E-state index in [0.717, 1.165) is 4.90 Å². The van der Waals surface area contributed by atoms with Crippen LogP contribution in [-0.4, -0.2) is 37.4 Å². The Morgan fingerprint density at radius 2 is 2.10 bits per heavy atom. The van der Waals surface area contributed by atoms with E-state index >= 15 is 0 Å². The van der Waals surface area contributed by atoms with Crippen molar-refractivity contribution in [1.82, 2.24) is 0 Å². The molecule has 1 unspecified atom stereocenters. The highest BCUT2D eigenvalue weighted by molar-refractivity contribution is 6.04. The van der Waals surface area contributed by atoms with Crippen LogP contribution in [0.5, 0.6) is 0 Å². The fourth-order valence-corrected chi connectivity index (χ4v) is 1.81. The lowest BCUT2D eigenvalue weighted by atomic mass is 10.2. The monoisotopic (exact) mass is 303 g/mol. The number of alkyl halides is 3. The molecule has 1 heterocycles. The van der Waals surface area contributed by atoms with Gasteiger partial charge in [-0.1, -0.05) is 12.1 Å². The number of nitrogens with two attached hydrogens (primary N) is 1. The molecule has 0 aromatic heterocycles. The number of hydrogen-bond acceptors (Lipinski definition) is 4. The number of ether oxygens (including phenoxy) is 1. The van der Waals surface area contributed by atoms with Crippen LogP contribution in [0.2, 0.25) is 0 Å². The van der Waals surface area contributed by atoms with Crippen LogP contribution >= 0.6 is 0 Å². The lowest BCUT2D eigenvalue weighted by Gasteiger charge is -2.23. The van der Waals surface area contributed by atoms with Crippen molar-refractivity contribution in [2.24, 2.45) is 5.73 Å². The Hall–Kier alpha value is -2.29. The van der Waals surface area contributed by atoms with Gasteiger partial charge in [0, 0.05) is 0 Å². The molecule has 9 heteroatoms. The third kappa shape index (κ3) is 3.63. The second-order valence-electron chi connectivity index (χ2n) is 4.39. The molecule has 2 amide bonds. The highest BCUT2D eigenvalue weighted by Crippen LogP contribution is 2.29. The minimum absolute atomic E-state index is 0.228. The van der Waals surface area contributed by atoms with Crippen molar-refractivity contribution in [2.45, 2.75) is 12.2 Å². The third-order valence-corrected chi connectivity index (χ3v) is 2.75. The quantitative estimate of drug-likeness (QED) is 0.823. The van der Waals surface area contributed by atoms with E-state index in [9.17, 15) is 22.8 Å². The van der Waals surface area contributed by atoms with E-state index in [1.165, 1.54) is 12.1 Å². The molecule has 21 heavy (non-hydrogen) atoms. The maximum absolute atomic E-state index is 12.1. The number of hydrogen-bond donors (Lipinski definition) is 2. The van der Waals surface area contributed by atoms with Crippen LogP contribution in [-0.2, 0) is 9.53 Å². The van der Waals surface area contributed by atoms with Gasteiger partial charge in [0.15, 0.2) is 6.61 Å². The number of anilines is 2. The summed E-state index contributed by atoms with van der Waals surface area (Å²) in [6.45, 7) is -1.99. The fraction of sp³-hybridized carbons (Fsp3) is 0.333. The first kappa shape index (κ1) is 15.1. The molecule has 1 aromatic carbocycles. The highest BCUT2D eigenvalue weighted by Gasteiger charge is 2.34. The van der Waals surface area contributed by atoms with Gasteiger partial charge in [-0.15, -0.1) is 0 Å². The van der Waals surface area contributed by atoms with Gasteiger partial charge in [-0.05, 0) is 12.1 Å². The normalized spacial score (nSPS) is 18.6. The van der Waals surface area contributed by atoms with Crippen molar-refractivity contribution in [3.63, 3.8) is 0 Å². The summed E-state index contributed by atoms with van der Waals surface area (Å²) in [5.74, 6) is -0.534. The van der Waals surface area contributed by atoms with Gasteiger partial charge < -0.3 is 15.8 Å². The molecule has 1 aliphatic heterocycles. The van der Waals surface area contributed by atoms with E-state index in [1.807, 2.05) is 0 Å². The summed E-state index contributed by atoms with van der Waals surface area (Å²) in [6, 6.07) is 5.09. The topological polar surface area (TPSA) is 84.7 Å². The van der Waals surface area contributed by atoms with Gasteiger partial charge >= 0.3 is 12.3 Å². The number of amides is 2. The summed E-state index contributed by atoms with van der Waals surface area (Å²) in [5, 5.41) is 2.49. The molecule has 0 fully saturated rings. The minimum Gasteiger partial charge on any atom is -0.439 e. The van der Waals surface area contributed by atoms with E-state index in [4.69, 9.17) is 5.73 Å². The zero-order chi connectivity index (χ0) is 15.6. The minimum atomic E-state index is -4.63. The zero-order valence-corrected chi connectivity index (χ0v) is 10.7. The molecular formula is C12H12F3N3O3. The molecule has 0 spiro atoms. The Balaban J connectivity index is 2.25.